The summed E-state index contributed by atoms with van der Waals surface area (Å²) in [6.07, 6.45) is 3.88. The Morgan fingerprint density at radius 2 is 1.81 bits per heavy atom. The number of thiophene rings is 1. The molecule has 4 rings (SSSR count). The van der Waals surface area contributed by atoms with Crippen LogP contribution < -0.4 is 10.6 Å². The predicted molar refractivity (Wildman–Crippen MR) is 117 cm³/mol. The Morgan fingerprint density at radius 3 is 2.45 bits per heavy atom. The molecule has 9 nitrogen and oxygen atoms in total. The molecule has 1 aromatic carbocycles. The Balaban J connectivity index is 1.58. The molecule has 1 aliphatic heterocycles. The second-order valence-electron chi connectivity index (χ2n) is 7.75. The number of benzene rings is 1. The third-order valence-electron chi connectivity index (χ3n) is 5.53. The first-order chi connectivity index (χ1) is 14.7. The van der Waals surface area contributed by atoms with Gasteiger partial charge in [0, 0.05) is 28.6 Å². The fourth-order valence-corrected chi connectivity index (χ4v) is 6.93. The lowest BCUT2D eigenvalue weighted by molar-refractivity contribution is -0.384. The average Bonchev–Trinajstić information content (AvgIpc) is 3.26. The van der Waals surface area contributed by atoms with Crippen molar-refractivity contribution in [2.24, 2.45) is 0 Å². The molecule has 1 saturated heterocycles. The number of nitrogens with one attached hydrogen (secondary N) is 2. The zero-order valence-corrected chi connectivity index (χ0v) is 18.2. The van der Waals surface area contributed by atoms with E-state index < -0.39 is 26.7 Å². The van der Waals surface area contributed by atoms with Crippen molar-refractivity contribution in [1.82, 2.24) is 5.32 Å². The van der Waals surface area contributed by atoms with E-state index in [0.29, 0.717) is 17.0 Å². The number of aryl methyl sites for hydroxylation is 1. The normalized spacial score (nSPS) is 19.4. The zero-order valence-electron chi connectivity index (χ0n) is 16.5. The van der Waals surface area contributed by atoms with Gasteiger partial charge in [0.15, 0.2) is 9.84 Å². The highest BCUT2D eigenvalue weighted by molar-refractivity contribution is 7.91. The summed E-state index contributed by atoms with van der Waals surface area (Å²) < 4.78 is 23.5. The number of amides is 2. The van der Waals surface area contributed by atoms with E-state index in [9.17, 15) is 28.1 Å². The Labute approximate surface area is 182 Å². The summed E-state index contributed by atoms with van der Waals surface area (Å²) in [6.45, 7) is 0. The SMILES string of the molecule is O=C(Nc1sc2c(c1C(=O)N[C@@H]1CCS(=O)(=O)C1)CCCC2)c1ccc([N+](=O)[O-])cc1. The number of carbonyl (C=O) groups is 2. The summed E-state index contributed by atoms with van der Waals surface area (Å²) >= 11 is 1.36. The lowest BCUT2D eigenvalue weighted by Gasteiger charge is -2.15. The van der Waals surface area contributed by atoms with E-state index in [4.69, 9.17) is 0 Å². The van der Waals surface area contributed by atoms with Crippen LogP contribution >= 0.6 is 11.3 Å². The molecular formula is C20H21N3O6S2. The van der Waals surface area contributed by atoms with Crippen molar-refractivity contribution in [3.63, 3.8) is 0 Å². The zero-order chi connectivity index (χ0) is 22.2. The van der Waals surface area contributed by atoms with Crippen molar-refractivity contribution in [1.29, 1.82) is 0 Å². The lowest BCUT2D eigenvalue weighted by Crippen LogP contribution is -2.36. The van der Waals surface area contributed by atoms with E-state index in [-0.39, 0.29) is 28.7 Å². The van der Waals surface area contributed by atoms with Crippen molar-refractivity contribution in [3.8, 4) is 0 Å². The van der Waals surface area contributed by atoms with E-state index >= 15 is 0 Å². The van der Waals surface area contributed by atoms with Crippen molar-refractivity contribution in [2.75, 3.05) is 16.8 Å². The van der Waals surface area contributed by atoms with Crippen LogP contribution in [-0.4, -0.2) is 42.7 Å². The average molecular weight is 464 g/mol. The van der Waals surface area contributed by atoms with Gasteiger partial charge in [-0.05, 0) is 49.8 Å². The Hall–Kier alpha value is -2.79. The molecule has 1 aliphatic carbocycles. The van der Waals surface area contributed by atoms with E-state index in [1.54, 1.807) is 0 Å². The highest BCUT2D eigenvalue weighted by Crippen LogP contribution is 2.38. The standard InChI is InChI=1S/C20H21N3O6S2/c24-18(12-5-7-14(8-6-12)23(26)27)22-20-17(15-3-1-2-4-16(15)30-20)19(25)21-13-9-10-31(28,29)11-13/h5-8,13H,1-4,9-11H2,(H,21,25)(H,22,24)/t13-/m1/s1. The molecule has 11 heteroatoms. The molecule has 2 amide bonds. The van der Waals surface area contributed by atoms with Crippen molar-refractivity contribution >= 4 is 43.7 Å². The Bertz CT molecular complexity index is 1150. The number of nitrogens with zero attached hydrogens (tertiary/aromatic N) is 1. The highest BCUT2D eigenvalue weighted by Gasteiger charge is 2.32. The summed E-state index contributed by atoms with van der Waals surface area (Å²) in [5.74, 6) is -0.856. The van der Waals surface area contributed by atoms with Crippen molar-refractivity contribution < 1.29 is 22.9 Å². The maximum absolute atomic E-state index is 13.1. The fourth-order valence-electron chi connectivity index (χ4n) is 3.97. The van der Waals surface area contributed by atoms with E-state index in [1.807, 2.05) is 0 Å². The monoisotopic (exact) mass is 463 g/mol. The molecule has 2 heterocycles. The van der Waals surface area contributed by atoms with E-state index in [2.05, 4.69) is 10.6 Å². The van der Waals surface area contributed by atoms with Gasteiger partial charge in [0.25, 0.3) is 17.5 Å². The number of hydrogen-bond acceptors (Lipinski definition) is 7. The number of hydrogen-bond donors (Lipinski definition) is 2. The second-order valence-corrected chi connectivity index (χ2v) is 11.1. The maximum atomic E-state index is 13.1. The minimum Gasteiger partial charge on any atom is -0.348 e. The molecule has 164 valence electrons. The van der Waals surface area contributed by atoms with Gasteiger partial charge >= 0.3 is 0 Å². The van der Waals surface area contributed by atoms with Crippen LogP contribution in [0.2, 0.25) is 0 Å². The first-order valence-electron chi connectivity index (χ1n) is 9.95. The van der Waals surface area contributed by atoms with Crippen LogP contribution in [-0.2, 0) is 22.7 Å². The molecule has 0 unspecified atom stereocenters. The van der Waals surface area contributed by atoms with Crippen LogP contribution in [0.3, 0.4) is 0 Å². The quantitative estimate of drug-likeness (QED) is 0.517. The number of anilines is 1. The molecule has 0 bridgehead atoms. The third kappa shape index (κ3) is 4.62. The van der Waals surface area contributed by atoms with Gasteiger partial charge in [0.05, 0.1) is 22.0 Å². The molecule has 0 spiro atoms. The number of non-ortho nitro benzene ring substituents is 1. The number of fused-ring (bicyclic) bond motifs is 1. The molecule has 2 N–H and O–H groups in total. The second kappa shape index (κ2) is 8.39. The van der Waals surface area contributed by atoms with Crippen LogP contribution in [0.1, 0.15) is 50.4 Å². The minimum absolute atomic E-state index is 0.0590. The van der Waals surface area contributed by atoms with Gasteiger partial charge in [0.2, 0.25) is 0 Å². The fraction of sp³-hybridized carbons (Fsp3) is 0.400. The molecule has 2 aromatic rings. The summed E-state index contributed by atoms with van der Waals surface area (Å²) in [6, 6.07) is 4.80. The Morgan fingerprint density at radius 1 is 1.10 bits per heavy atom. The van der Waals surface area contributed by atoms with Crippen molar-refractivity contribution in [3.05, 3.63) is 55.9 Å². The predicted octanol–water partition coefficient (Wildman–Crippen LogP) is 2.70. The molecule has 1 atom stereocenters. The van der Waals surface area contributed by atoms with E-state index in [0.717, 1.165) is 36.1 Å². The summed E-state index contributed by atoms with van der Waals surface area (Å²) in [5.41, 5.74) is 1.44. The number of nitro benzene ring substituents is 1. The number of carbonyl (C=O) groups excluding carboxylic acids is 2. The van der Waals surface area contributed by atoms with Crippen LogP contribution in [0.5, 0.6) is 0 Å². The maximum Gasteiger partial charge on any atom is 0.269 e. The van der Waals surface area contributed by atoms with Gasteiger partial charge in [0.1, 0.15) is 5.00 Å². The first kappa shape index (κ1) is 21.4. The summed E-state index contributed by atoms with van der Waals surface area (Å²) in [7, 11) is -3.13. The lowest BCUT2D eigenvalue weighted by atomic mass is 9.95. The molecule has 1 aromatic heterocycles. The first-order valence-corrected chi connectivity index (χ1v) is 12.6. The summed E-state index contributed by atoms with van der Waals surface area (Å²) in [5, 5.41) is 16.8. The topological polar surface area (TPSA) is 135 Å². The molecule has 0 radical (unpaired) electrons. The Kier molecular flexibility index (Phi) is 5.80. The van der Waals surface area contributed by atoms with E-state index in [1.165, 1.54) is 35.6 Å². The smallest absolute Gasteiger partial charge is 0.269 e. The van der Waals surface area contributed by atoms with Crippen LogP contribution in [0.4, 0.5) is 10.7 Å². The number of sulfone groups is 1. The van der Waals surface area contributed by atoms with Gasteiger partial charge < -0.3 is 10.6 Å². The summed E-state index contributed by atoms with van der Waals surface area (Å²) in [4.78, 5) is 37.1. The number of nitro groups is 1. The van der Waals surface area contributed by atoms with Gasteiger partial charge in [-0.15, -0.1) is 11.3 Å². The van der Waals surface area contributed by atoms with Crippen molar-refractivity contribution in [2.45, 2.75) is 38.1 Å². The third-order valence-corrected chi connectivity index (χ3v) is 8.51. The van der Waals surface area contributed by atoms with Gasteiger partial charge in [-0.2, -0.15) is 0 Å². The van der Waals surface area contributed by atoms with Crippen LogP contribution in [0, 0.1) is 10.1 Å². The minimum atomic E-state index is -3.13. The largest absolute Gasteiger partial charge is 0.348 e. The van der Waals surface area contributed by atoms with Crippen LogP contribution in [0.25, 0.3) is 0 Å². The molecule has 1 fully saturated rings. The van der Waals surface area contributed by atoms with Crippen LogP contribution in [0.15, 0.2) is 24.3 Å². The van der Waals surface area contributed by atoms with Gasteiger partial charge in [-0.25, -0.2) is 8.42 Å². The highest BCUT2D eigenvalue weighted by atomic mass is 32.2. The number of rotatable bonds is 5. The molecule has 31 heavy (non-hydrogen) atoms. The van der Waals surface area contributed by atoms with Gasteiger partial charge in [-0.1, -0.05) is 0 Å². The molecular weight excluding hydrogens is 442 g/mol. The molecule has 2 aliphatic rings. The van der Waals surface area contributed by atoms with Gasteiger partial charge in [-0.3, -0.25) is 19.7 Å². The molecule has 0 saturated carbocycles.